The standard InChI is InChI=1S/C14H20O3/c15-7-12(6-13(16)17)14-10-2-8-1-9(4-10)5-11(14)3-8/h6,8-11,14-15H,1-5,7H2,(H,16,17)/b12-6-. The van der Waals surface area contributed by atoms with E-state index < -0.39 is 5.97 Å². The molecule has 4 fully saturated rings. The zero-order chi connectivity index (χ0) is 12.0. The third-order valence-corrected chi connectivity index (χ3v) is 5.15. The van der Waals surface area contributed by atoms with Crippen LogP contribution in [0.5, 0.6) is 0 Å². The molecule has 0 aromatic carbocycles. The highest BCUT2D eigenvalue weighted by molar-refractivity contribution is 5.80. The first-order chi connectivity index (χ1) is 8.17. The van der Waals surface area contributed by atoms with Crippen LogP contribution >= 0.6 is 0 Å². The number of hydrogen-bond acceptors (Lipinski definition) is 2. The average molecular weight is 236 g/mol. The molecule has 94 valence electrons. The van der Waals surface area contributed by atoms with Crippen LogP contribution in [-0.4, -0.2) is 22.8 Å². The Morgan fingerprint density at radius 3 is 2.00 bits per heavy atom. The smallest absolute Gasteiger partial charge is 0.328 e. The van der Waals surface area contributed by atoms with Gasteiger partial charge < -0.3 is 10.2 Å². The molecule has 4 aliphatic rings. The van der Waals surface area contributed by atoms with E-state index in [0.717, 1.165) is 17.4 Å². The maximum atomic E-state index is 10.8. The molecule has 0 heterocycles. The highest BCUT2D eigenvalue weighted by Crippen LogP contribution is 2.58. The first-order valence-electron chi connectivity index (χ1n) is 6.71. The average Bonchev–Trinajstić information content (AvgIpc) is 2.25. The van der Waals surface area contributed by atoms with Gasteiger partial charge in [-0.1, -0.05) is 0 Å². The van der Waals surface area contributed by atoms with Gasteiger partial charge in [0.2, 0.25) is 0 Å². The van der Waals surface area contributed by atoms with Crippen LogP contribution in [0.4, 0.5) is 0 Å². The first-order valence-corrected chi connectivity index (χ1v) is 6.71. The fraction of sp³-hybridized carbons (Fsp3) is 0.786. The first kappa shape index (κ1) is 11.3. The second-order valence-electron chi connectivity index (χ2n) is 6.17. The van der Waals surface area contributed by atoms with E-state index in [-0.39, 0.29) is 6.61 Å². The lowest BCUT2D eigenvalue weighted by atomic mass is 9.50. The van der Waals surface area contributed by atoms with Crippen LogP contribution in [0.25, 0.3) is 0 Å². The number of carboxylic acid groups (broad SMARTS) is 1. The number of rotatable bonds is 3. The third kappa shape index (κ3) is 1.90. The number of carbonyl (C=O) groups is 1. The molecular weight excluding hydrogens is 216 g/mol. The van der Waals surface area contributed by atoms with Crippen LogP contribution in [0.2, 0.25) is 0 Å². The van der Waals surface area contributed by atoms with Crippen LogP contribution in [-0.2, 0) is 4.79 Å². The van der Waals surface area contributed by atoms with Gasteiger partial charge >= 0.3 is 5.97 Å². The van der Waals surface area contributed by atoms with Gasteiger partial charge in [-0.25, -0.2) is 4.79 Å². The number of hydrogen-bond donors (Lipinski definition) is 2. The van der Waals surface area contributed by atoms with Crippen molar-refractivity contribution < 1.29 is 15.0 Å². The highest BCUT2D eigenvalue weighted by Gasteiger charge is 2.49. The maximum absolute atomic E-state index is 10.8. The molecule has 0 unspecified atom stereocenters. The van der Waals surface area contributed by atoms with E-state index in [2.05, 4.69) is 0 Å². The summed E-state index contributed by atoms with van der Waals surface area (Å²) in [5, 5.41) is 18.3. The minimum Gasteiger partial charge on any atom is -0.478 e. The molecule has 3 heteroatoms. The third-order valence-electron chi connectivity index (χ3n) is 5.15. The van der Waals surface area contributed by atoms with Gasteiger partial charge in [0.15, 0.2) is 0 Å². The molecule has 4 rings (SSSR count). The monoisotopic (exact) mass is 236 g/mol. The zero-order valence-corrected chi connectivity index (χ0v) is 10.0. The number of aliphatic hydroxyl groups is 1. The van der Waals surface area contributed by atoms with E-state index in [1.807, 2.05) is 0 Å². The minimum absolute atomic E-state index is 0.0840. The van der Waals surface area contributed by atoms with Gasteiger partial charge in [-0.2, -0.15) is 0 Å². The molecule has 0 amide bonds. The molecule has 17 heavy (non-hydrogen) atoms. The predicted octanol–water partition coefficient (Wildman–Crippen LogP) is 2.06. The molecule has 3 nitrogen and oxygen atoms in total. The lowest BCUT2D eigenvalue weighted by molar-refractivity contribution is -0.131. The zero-order valence-electron chi connectivity index (χ0n) is 10.0. The van der Waals surface area contributed by atoms with Crippen molar-refractivity contribution in [2.75, 3.05) is 6.61 Å². The molecule has 4 bridgehead atoms. The SMILES string of the molecule is O=C(O)/C=C(/CO)C1C2CC3CC(C2)CC1C3. The Balaban J connectivity index is 1.85. The van der Waals surface area contributed by atoms with E-state index in [9.17, 15) is 9.90 Å². The number of aliphatic carboxylic acids is 1. The van der Waals surface area contributed by atoms with Gasteiger partial charge in [0.05, 0.1) is 6.61 Å². The van der Waals surface area contributed by atoms with E-state index in [4.69, 9.17) is 5.11 Å². The molecule has 2 N–H and O–H groups in total. The summed E-state index contributed by atoms with van der Waals surface area (Å²) in [6, 6.07) is 0. The Morgan fingerprint density at radius 2 is 1.59 bits per heavy atom. The summed E-state index contributed by atoms with van der Waals surface area (Å²) < 4.78 is 0. The van der Waals surface area contributed by atoms with Crippen molar-refractivity contribution in [2.24, 2.45) is 29.6 Å². The molecular formula is C14H20O3. The fourth-order valence-corrected chi connectivity index (χ4v) is 4.94. The summed E-state index contributed by atoms with van der Waals surface area (Å²) in [5.74, 6) is 2.50. The van der Waals surface area contributed by atoms with Crippen LogP contribution in [0.15, 0.2) is 11.6 Å². The van der Waals surface area contributed by atoms with Gasteiger partial charge in [0.1, 0.15) is 0 Å². The summed E-state index contributed by atoms with van der Waals surface area (Å²) in [4.78, 5) is 10.8. The lowest BCUT2D eigenvalue weighted by Gasteiger charge is -2.55. The van der Waals surface area contributed by atoms with Crippen molar-refractivity contribution in [3.05, 3.63) is 11.6 Å². The molecule has 0 atom stereocenters. The molecule has 0 spiro atoms. The number of aliphatic hydroxyl groups excluding tert-OH is 1. The van der Waals surface area contributed by atoms with Gasteiger partial charge in [0, 0.05) is 6.08 Å². The summed E-state index contributed by atoms with van der Waals surface area (Å²) in [6.45, 7) is -0.0840. The molecule has 0 aliphatic heterocycles. The normalized spacial score (nSPS) is 44.1. The van der Waals surface area contributed by atoms with Crippen LogP contribution in [0.3, 0.4) is 0 Å². The van der Waals surface area contributed by atoms with Crippen LogP contribution in [0.1, 0.15) is 32.1 Å². The molecule has 0 saturated heterocycles. The Morgan fingerprint density at radius 1 is 1.06 bits per heavy atom. The Bertz CT molecular complexity index is 330. The molecule has 4 aliphatic carbocycles. The van der Waals surface area contributed by atoms with Gasteiger partial charge in [-0.05, 0) is 67.3 Å². The number of carboxylic acids is 1. The van der Waals surface area contributed by atoms with Crippen molar-refractivity contribution in [3.8, 4) is 0 Å². The topological polar surface area (TPSA) is 57.5 Å². The predicted molar refractivity (Wildman–Crippen MR) is 63.3 cm³/mol. The fourth-order valence-electron chi connectivity index (χ4n) is 4.94. The molecule has 4 saturated carbocycles. The molecule has 0 radical (unpaired) electrons. The van der Waals surface area contributed by atoms with Gasteiger partial charge in [-0.3, -0.25) is 0 Å². The summed E-state index contributed by atoms with van der Waals surface area (Å²) >= 11 is 0. The van der Waals surface area contributed by atoms with Crippen molar-refractivity contribution in [3.63, 3.8) is 0 Å². The Labute approximate surface area is 102 Å². The summed E-state index contributed by atoms with van der Waals surface area (Å²) in [6.07, 6.45) is 7.69. The van der Waals surface area contributed by atoms with Crippen molar-refractivity contribution in [2.45, 2.75) is 32.1 Å². The quantitative estimate of drug-likeness (QED) is 0.737. The lowest BCUT2D eigenvalue weighted by Crippen LogP contribution is -2.46. The van der Waals surface area contributed by atoms with E-state index in [1.54, 1.807) is 0 Å². The van der Waals surface area contributed by atoms with Crippen molar-refractivity contribution >= 4 is 5.97 Å². The van der Waals surface area contributed by atoms with Crippen LogP contribution < -0.4 is 0 Å². The van der Waals surface area contributed by atoms with E-state index in [0.29, 0.717) is 17.8 Å². The Kier molecular flexibility index (Phi) is 2.74. The van der Waals surface area contributed by atoms with Crippen LogP contribution in [0, 0.1) is 29.6 Å². The molecule has 0 aromatic rings. The largest absolute Gasteiger partial charge is 0.478 e. The summed E-state index contributed by atoms with van der Waals surface area (Å²) in [5.41, 5.74) is 0.770. The van der Waals surface area contributed by atoms with E-state index >= 15 is 0 Å². The molecule has 0 aromatic heterocycles. The van der Waals surface area contributed by atoms with Gasteiger partial charge in [-0.15, -0.1) is 0 Å². The van der Waals surface area contributed by atoms with Crippen molar-refractivity contribution in [1.82, 2.24) is 0 Å². The van der Waals surface area contributed by atoms with Gasteiger partial charge in [0.25, 0.3) is 0 Å². The van der Waals surface area contributed by atoms with E-state index in [1.165, 1.54) is 38.2 Å². The highest BCUT2D eigenvalue weighted by atomic mass is 16.4. The second-order valence-corrected chi connectivity index (χ2v) is 6.17. The maximum Gasteiger partial charge on any atom is 0.328 e. The van der Waals surface area contributed by atoms with Crippen molar-refractivity contribution in [1.29, 1.82) is 0 Å². The minimum atomic E-state index is -0.914. The Hall–Kier alpha value is -0.830. The summed E-state index contributed by atoms with van der Waals surface area (Å²) in [7, 11) is 0. The second kappa shape index (κ2) is 4.13.